The van der Waals surface area contributed by atoms with Crippen LogP contribution in [0.15, 0.2) is 24.3 Å². The molecule has 2 rings (SSSR count). The summed E-state index contributed by atoms with van der Waals surface area (Å²) in [6, 6.07) is 5.99. The van der Waals surface area contributed by atoms with Gasteiger partial charge in [0.1, 0.15) is 5.75 Å². The summed E-state index contributed by atoms with van der Waals surface area (Å²) >= 11 is 0. The second-order valence-electron chi connectivity index (χ2n) is 5.47. The van der Waals surface area contributed by atoms with E-state index in [0.29, 0.717) is 13.1 Å². The van der Waals surface area contributed by atoms with E-state index < -0.39 is 12.5 Å². The Hall–Kier alpha value is -1.69. The molecule has 0 saturated heterocycles. The summed E-state index contributed by atoms with van der Waals surface area (Å²) in [4.78, 5) is 12.2. The van der Waals surface area contributed by atoms with Crippen LogP contribution in [-0.2, 0) is 0 Å². The average Bonchev–Trinajstić information content (AvgIpc) is 2.94. The zero-order valence-corrected chi connectivity index (χ0v) is 11.8. The van der Waals surface area contributed by atoms with E-state index >= 15 is 0 Å². The number of carbonyl (C=O) groups excluding carboxylic acids is 1. The van der Waals surface area contributed by atoms with Crippen molar-refractivity contribution in [1.82, 2.24) is 5.32 Å². The zero-order valence-electron chi connectivity index (χ0n) is 11.8. The van der Waals surface area contributed by atoms with Crippen molar-refractivity contribution in [3.63, 3.8) is 0 Å². The van der Waals surface area contributed by atoms with Gasteiger partial charge in [-0.3, -0.25) is 4.79 Å². The maximum Gasteiger partial charge on any atom is 0.387 e. The number of nitrogens with two attached hydrogens (primary N) is 1. The monoisotopic (exact) mass is 298 g/mol. The molecular formula is C15H20F2N2O2. The van der Waals surface area contributed by atoms with Crippen molar-refractivity contribution in [1.29, 1.82) is 0 Å². The van der Waals surface area contributed by atoms with Gasteiger partial charge in [0, 0.05) is 6.54 Å². The van der Waals surface area contributed by atoms with Gasteiger partial charge in [-0.1, -0.05) is 25.0 Å². The summed E-state index contributed by atoms with van der Waals surface area (Å²) in [7, 11) is 0. The third-order valence-corrected chi connectivity index (χ3v) is 4.07. The first-order valence-corrected chi connectivity index (χ1v) is 7.08. The largest absolute Gasteiger partial charge is 0.434 e. The molecule has 1 aromatic carbocycles. The number of hydrogen-bond acceptors (Lipinski definition) is 3. The zero-order chi connectivity index (χ0) is 15.3. The molecule has 0 aromatic heterocycles. The lowest BCUT2D eigenvalue weighted by atomic mass is 9.86. The van der Waals surface area contributed by atoms with E-state index in [-0.39, 0.29) is 16.7 Å². The molecule has 4 nitrogen and oxygen atoms in total. The van der Waals surface area contributed by atoms with Gasteiger partial charge in [-0.05, 0) is 36.9 Å². The van der Waals surface area contributed by atoms with Gasteiger partial charge in [0.2, 0.25) is 0 Å². The SMILES string of the molecule is NCC1(CNC(=O)c2ccccc2OC(F)F)CCCC1. The molecule has 0 aliphatic heterocycles. The molecule has 1 amide bonds. The fourth-order valence-corrected chi connectivity index (χ4v) is 2.79. The Bertz CT molecular complexity index is 488. The molecule has 21 heavy (non-hydrogen) atoms. The minimum absolute atomic E-state index is 0.0613. The summed E-state index contributed by atoms with van der Waals surface area (Å²) in [5.74, 6) is -0.524. The van der Waals surface area contributed by atoms with Crippen LogP contribution in [0.5, 0.6) is 5.75 Å². The topological polar surface area (TPSA) is 64.3 Å². The highest BCUT2D eigenvalue weighted by atomic mass is 19.3. The smallest absolute Gasteiger partial charge is 0.387 e. The molecule has 1 aliphatic rings. The molecular weight excluding hydrogens is 278 g/mol. The lowest BCUT2D eigenvalue weighted by Gasteiger charge is -2.27. The van der Waals surface area contributed by atoms with Crippen LogP contribution >= 0.6 is 0 Å². The molecule has 0 radical (unpaired) electrons. The van der Waals surface area contributed by atoms with Gasteiger partial charge in [0.05, 0.1) is 5.56 Å². The molecule has 1 fully saturated rings. The molecule has 3 N–H and O–H groups in total. The van der Waals surface area contributed by atoms with Crippen LogP contribution in [0, 0.1) is 5.41 Å². The van der Waals surface area contributed by atoms with Crippen LogP contribution < -0.4 is 15.8 Å². The van der Waals surface area contributed by atoms with Gasteiger partial charge in [0.15, 0.2) is 0 Å². The molecule has 0 bridgehead atoms. The first-order chi connectivity index (χ1) is 10.1. The third-order valence-electron chi connectivity index (χ3n) is 4.07. The fraction of sp³-hybridized carbons (Fsp3) is 0.533. The third kappa shape index (κ3) is 3.91. The number of rotatable bonds is 6. The van der Waals surface area contributed by atoms with Crippen molar-refractivity contribution in [2.24, 2.45) is 11.1 Å². The van der Waals surface area contributed by atoms with Crippen molar-refractivity contribution in [3.8, 4) is 5.75 Å². The Morgan fingerprint density at radius 1 is 1.33 bits per heavy atom. The highest BCUT2D eigenvalue weighted by molar-refractivity contribution is 5.96. The van der Waals surface area contributed by atoms with Gasteiger partial charge in [0.25, 0.3) is 5.91 Å². The van der Waals surface area contributed by atoms with Gasteiger partial charge in [-0.15, -0.1) is 0 Å². The van der Waals surface area contributed by atoms with Gasteiger partial charge < -0.3 is 15.8 Å². The maximum absolute atomic E-state index is 12.3. The number of benzene rings is 1. The van der Waals surface area contributed by atoms with Crippen LogP contribution in [0.4, 0.5) is 8.78 Å². The Kier molecular flexibility index (Phi) is 5.12. The first-order valence-electron chi connectivity index (χ1n) is 7.08. The summed E-state index contributed by atoms with van der Waals surface area (Å²) in [5, 5.41) is 2.80. The lowest BCUT2D eigenvalue weighted by molar-refractivity contribution is -0.0501. The van der Waals surface area contributed by atoms with Gasteiger partial charge in [-0.25, -0.2) is 0 Å². The summed E-state index contributed by atoms with van der Waals surface area (Å²) < 4.78 is 29.1. The van der Waals surface area contributed by atoms with E-state index in [2.05, 4.69) is 10.1 Å². The predicted octanol–water partition coefficient (Wildman–Crippen LogP) is 2.54. The minimum Gasteiger partial charge on any atom is -0.434 e. The van der Waals surface area contributed by atoms with Crippen molar-refractivity contribution >= 4 is 5.91 Å². The fourth-order valence-electron chi connectivity index (χ4n) is 2.79. The standard InChI is InChI=1S/C15H20F2N2O2/c16-14(17)21-12-6-2-1-5-11(12)13(20)19-10-15(9-18)7-3-4-8-15/h1-2,5-6,14H,3-4,7-10,18H2,(H,19,20). The number of hydrogen-bond donors (Lipinski definition) is 2. The molecule has 0 atom stereocenters. The van der Waals surface area contributed by atoms with Crippen LogP contribution in [0.2, 0.25) is 0 Å². The van der Waals surface area contributed by atoms with E-state index in [9.17, 15) is 13.6 Å². The molecule has 1 saturated carbocycles. The van der Waals surface area contributed by atoms with E-state index in [1.54, 1.807) is 12.1 Å². The van der Waals surface area contributed by atoms with Crippen LogP contribution in [0.25, 0.3) is 0 Å². The van der Waals surface area contributed by atoms with Crippen molar-refractivity contribution < 1.29 is 18.3 Å². The Labute approximate surface area is 122 Å². The van der Waals surface area contributed by atoms with Crippen LogP contribution in [0.3, 0.4) is 0 Å². The Morgan fingerprint density at radius 3 is 2.62 bits per heavy atom. The highest BCUT2D eigenvalue weighted by Crippen LogP contribution is 2.36. The number of carbonyl (C=O) groups is 1. The van der Waals surface area contributed by atoms with Crippen molar-refractivity contribution in [3.05, 3.63) is 29.8 Å². The average molecular weight is 298 g/mol. The number of alkyl halides is 2. The second kappa shape index (κ2) is 6.85. The normalized spacial score (nSPS) is 17.0. The number of halogens is 2. The van der Waals surface area contributed by atoms with Crippen molar-refractivity contribution in [2.45, 2.75) is 32.3 Å². The maximum atomic E-state index is 12.3. The molecule has 1 aromatic rings. The number of amides is 1. The number of nitrogens with one attached hydrogen (secondary N) is 1. The van der Waals surface area contributed by atoms with Gasteiger partial charge >= 0.3 is 6.61 Å². The lowest BCUT2D eigenvalue weighted by Crippen LogP contribution is -2.40. The molecule has 6 heteroatoms. The quantitative estimate of drug-likeness (QED) is 0.848. The highest BCUT2D eigenvalue weighted by Gasteiger charge is 2.33. The number of ether oxygens (including phenoxy) is 1. The van der Waals surface area contributed by atoms with E-state index in [0.717, 1.165) is 25.7 Å². The van der Waals surface area contributed by atoms with Crippen LogP contribution in [0.1, 0.15) is 36.0 Å². The van der Waals surface area contributed by atoms with Crippen LogP contribution in [-0.4, -0.2) is 25.6 Å². The minimum atomic E-state index is -2.95. The van der Waals surface area contributed by atoms with Crippen molar-refractivity contribution in [2.75, 3.05) is 13.1 Å². The molecule has 0 heterocycles. The number of para-hydroxylation sites is 1. The second-order valence-corrected chi connectivity index (χ2v) is 5.47. The predicted molar refractivity (Wildman–Crippen MR) is 75.4 cm³/mol. The van der Waals surface area contributed by atoms with Gasteiger partial charge in [-0.2, -0.15) is 8.78 Å². The van der Waals surface area contributed by atoms with E-state index in [1.807, 2.05) is 0 Å². The molecule has 0 unspecified atom stereocenters. The Balaban J connectivity index is 2.03. The summed E-state index contributed by atoms with van der Waals surface area (Å²) in [5.41, 5.74) is 5.87. The summed E-state index contributed by atoms with van der Waals surface area (Å²) in [6.45, 7) is -1.97. The molecule has 0 spiro atoms. The van der Waals surface area contributed by atoms with E-state index in [4.69, 9.17) is 5.73 Å². The molecule has 116 valence electrons. The summed E-state index contributed by atoms with van der Waals surface area (Å²) in [6.07, 6.45) is 4.19. The van der Waals surface area contributed by atoms with E-state index in [1.165, 1.54) is 12.1 Å². The molecule has 1 aliphatic carbocycles. The Morgan fingerprint density at radius 2 is 2.00 bits per heavy atom. The first kappa shape index (κ1) is 15.7.